The lowest BCUT2D eigenvalue weighted by atomic mass is 9.99. The number of hydrogen-bond acceptors (Lipinski definition) is 4. The van der Waals surface area contributed by atoms with Crippen molar-refractivity contribution in [2.45, 2.75) is 6.04 Å². The van der Waals surface area contributed by atoms with Crippen LogP contribution in [0.1, 0.15) is 16.5 Å². The normalized spacial score (nSPS) is 18.9. The summed E-state index contributed by atoms with van der Waals surface area (Å²) in [6.07, 6.45) is 0. The standard InChI is InChI=1S/C21H14FNO3S/c22-14-10-8-13(9-11-14)19(24)17-18(16-7-4-12-27-16)23(21(26)20(17)25)15-5-2-1-3-6-15/h1-12,18,24H/b19-17-. The third kappa shape index (κ3) is 2.94. The number of benzene rings is 2. The van der Waals surface area contributed by atoms with Crippen LogP contribution in [-0.2, 0) is 9.59 Å². The molecule has 1 amide bonds. The number of rotatable bonds is 3. The number of nitrogens with zero attached hydrogens (tertiary/aromatic N) is 1. The average Bonchev–Trinajstić information content (AvgIpc) is 3.30. The molecule has 0 aliphatic carbocycles. The maximum atomic E-state index is 13.2. The van der Waals surface area contributed by atoms with E-state index in [1.54, 1.807) is 24.3 Å². The molecule has 3 aromatic rings. The molecule has 1 atom stereocenters. The van der Waals surface area contributed by atoms with Gasteiger partial charge >= 0.3 is 0 Å². The molecule has 134 valence electrons. The fraction of sp³-hybridized carbons (Fsp3) is 0.0476. The molecule has 1 unspecified atom stereocenters. The van der Waals surface area contributed by atoms with E-state index in [1.807, 2.05) is 23.6 Å². The number of halogens is 1. The Morgan fingerprint density at radius 3 is 2.30 bits per heavy atom. The summed E-state index contributed by atoms with van der Waals surface area (Å²) in [6.45, 7) is 0. The minimum absolute atomic E-state index is 0.00193. The molecule has 1 N–H and O–H groups in total. The molecule has 4 nitrogen and oxygen atoms in total. The van der Waals surface area contributed by atoms with Crippen molar-refractivity contribution in [2.24, 2.45) is 0 Å². The second-order valence-corrected chi connectivity index (χ2v) is 7.01. The van der Waals surface area contributed by atoms with Crippen molar-refractivity contribution in [3.63, 3.8) is 0 Å². The SMILES string of the molecule is O=C1C(=O)N(c2ccccc2)C(c2cccs2)/C1=C(/O)c1ccc(F)cc1. The summed E-state index contributed by atoms with van der Waals surface area (Å²) >= 11 is 1.39. The van der Waals surface area contributed by atoms with Gasteiger partial charge in [-0.2, -0.15) is 0 Å². The number of anilines is 1. The van der Waals surface area contributed by atoms with Crippen molar-refractivity contribution in [1.29, 1.82) is 0 Å². The van der Waals surface area contributed by atoms with Crippen LogP contribution in [0.4, 0.5) is 10.1 Å². The molecule has 0 spiro atoms. The van der Waals surface area contributed by atoms with Gasteiger partial charge in [0.2, 0.25) is 0 Å². The van der Waals surface area contributed by atoms with Gasteiger partial charge in [-0.25, -0.2) is 4.39 Å². The molecule has 0 saturated carbocycles. The molecule has 1 saturated heterocycles. The second-order valence-electron chi connectivity index (χ2n) is 6.03. The minimum atomic E-state index is -0.765. The molecule has 1 aromatic heterocycles. The van der Waals surface area contributed by atoms with Gasteiger partial charge in [0.1, 0.15) is 17.6 Å². The first-order chi connectivity index (χ1) is 13.1. The van der Waals surface area contributed by atoms with Crippen LogP contribution >= 0.6 is 11.3 Å². The maximum Gasteiger partial charge on any atom is 0.300 e. The van der Waals surface area contributed by atoms with E-state index >= 15 is 0 Å². The lowest BCUT2D eigenvalue weighted by molar-refractivity contribution is -0.132. The minimum Gasteiger partial charge on any atom is -0.507 e. The van der Waals surface area contributed by atoms with Crippen LogP contribution in [0.5, 0.6) is 0 Å². The molecule has 1 aliphatic heterocycles. The highest BCUT2D eigenvalue weighted by atomic mass is 32.1. The van der Waals surface area contributed by atoms with Crippen molar-refractivity contribution < 1.29 is 19.1 Å². The zero-order valence-electron chi connectivity index (χ0n) is 14.0. The van der Waals surface area contributed by atoms with Gasteiger partial charge in [0.15, 0.2) is 0 Å². The van der Waals surface area contributed by atoms with E-state index < -0.39 is 23.5 Å². The Bertz CT molecular complexity index is 1030. The Morgan fingerprint density at radius 1 is 0.963 bits per heavy atom. The first-order valence-electron chi connectivity index (χ1n) is 8.23. The van der Waals surface area contributed by atoms with E-state index in [1.165, 1.54) is 40.5 Å². The van der Waals surface area contributed by atoms with Crippen LogP contribution < -0.4 is 4.90 Å². The Morgan fingerprint density at radius 2 is 1.67 bits per heavy atom. The zero-order valence-corrected chi connectivity index (χ0v) is 14.8. The average molecular weight is 379 g/mol. The number of hydrogen-bond donors (Lipinski definition) is 1. The number of para-hydroxylation sites is 1. The Labute approximate surface area is 158 Å². The van der Waals surface area contributed by atoms with E-state index in [4.69, 9.17) is 0 Å². The molecule has 4 rings (SSSR count). The van der Waals surface area contributed by atoms with E-state index in [9.17, 15) is 19.1 Å². The summed E-state index contributed by atoms with van der Waals surface area (Å²) in [6, 6.07) is 16.9. The fourth-order valence-electron chi connectivity index (χ4n) is 3.17. The highest BCUT2D eigenvalue weighted by Crippen LogP contribution is 2.43. The summed E-state index contributed by atoms with van der Waals surface area (Å²) in [7, 11) is 0. The highest BCUT2D eigenvalue weighted by molar-refractivity contribution is 7.10. The third-order valence-corrected chi connectivity index (χ3v) is 5.33. The van der Waals surface area contributed by atoms with E-state index in [2.05, 4.69) is 0 Å². The number of aliphatic hydroxyl groups excluding tert-OH is 1. The number of carbonyl (C=O) groups excluding carboxylic acids is 2. The molecular weight excluding hydrogens is 365 g/mol. The summed E-state index contributed by atoms with van der Waals surface area (Å²) in [4.78, 5) is 27.7. The van der Waals surface area contributed by atoms with Gasteiger partial charge in [-0.3, -0.25) is 14.5 Å². The molecule has 6 heteroatoms. The molecule has 1 aliphatic rings. The van der Waals surface area contributed by atoms with Gasteiger partial charge in [0.25, 0.3) is 11.7 Å². The number of aliphatic hydroxyl groups is 1. The number of carbonyl (C=O) groups is 2. The van der Waals surface area contributed by atoms with Gasteiger partial charge in [0, 0.05) is 16.1 Å². The molecule has 27 heavy (non-hydrogen) atoms. The topological polar surface area (TPSA) is 57.6 Å². The molecule has 0 radical (unpaired) electrons. The van der Waals surface area contributed by atoms with Crippen molar-refractivity contribution in [3.8, 4) is 0 Å². The Kier molecular flexibility index (Phi) is 4.33. The smallest absolute Gasteiger partial charge is 0.300 e. The maximum absolute atomic E-state index is 13.2. The summed E-state index contributed by atoms with van der Waals surface area (Å²) in [5.41, 5.74) is 0.845. The van der Waals surface area contributed by atoms with Gasteiger partial charge in [-0.15, -0.1) is 11.3 Å². The number of Topliss-reactive ketones (excluding diaryl/α,β-unsaturated/α-hetero) is 1. The van der Waals surface area contributed by atoms with Crippen LogP contribution in [0.15, 0.2) is 77.7 Å². The van der Waals surface area contributed by atoms with Crippen molar-refractivity contribution in [2.75, 3.05) is 4.90 Å². The Hall–Kier alpha value is -3.25. The monoisotopic (exact) mass is 379 g/mol. The largest absolute Gasteiger partial charge is 0.507 e. The summed E-state index contributed by atoms with van der Waals surface area (Å²) in [5, 5.41) is 12.6. The molecule has 2 aromatic carbocycles. The molecule has 1 fully saturated rings. The molecule has 0 bridgehead atoms. The lowest BCUT2D eigenvalue weighted by Crippen LogP contribution is -2.29. The first-order valence-corrected chi connectivity index (χ1v) is 9.11. The van der Waals surface area contributed by atoms with Crippen LogP contribution in [0, 0.1) is 5.82 Å². The van der Waals surface area contributed by atoms with E-state index in [0.717, 1.165) is 4.88 Å². The second kappa shape index (κ2) is 6.81. The van der Waals surface area contributed by atoms with Gasteiger partial charge in [0.05, 0.1) is 5.57 Å². The summed E-state index contributed by atoms with van der Waals surface area (Å²) in [5.74, 6) is -2.24. The highest BCUT2D eigenvalue weighted by Gasteiger charge is 2.47. The van der Waals surface area contributed by atoms with Crippen LogP contribution in [0.25, 0.3) is 5.76 Å². The predicted molar refractivity (Wildman–Crippen MR) is 102 cm³/mol. The van der Waals surface area contributed by atoms with E-state index in [0.29, 0.717) is 5.69 Å². The molecular formula is C21H14FNO3S. The number of thiophene rings is 1. The quantitative estimate of drug-likeness (QED) is 0.414. The van der Waals surface area contributed by atoms with Gasteiger partial charge < -0.3 is 5.11 Å². The lowest BCUT2D eigenvalue weighted by Gasteiger charge is -2.24. The van der Waals surface area contributed by atoms with Crippen LogP contribution in [0.3, 0.4) is 0 Å². The van der Waals surface area contributed by atoms with Crippen LogP contribution in [0.2, 0.25) is 0 Å². The van der Waals surface area contributed by atoms with Crippen molar-refractivity contribution >= 4 is 34.5 Å². The van der Waals surface area contributed by atoms with Gasteiger partial charge in [-0.1, -0.05) is 24.3 Å². The van der Waals surface area contributed by atoms with E-state index in [-0.39, 0.29) is 16.9 Å². The number of amides is 1. The van der Waals surface area contributed by atoms with Crippen LogP contribution in [-0.4, -0.2) is 16.8 Å². The Balaban J connectivity index is 1.92. The zero-order chi connectivity index (χ0) is 19.0. The third-order valence-electron chi connectivity index (χ3n) is 4.41. The van der Waals surface area contributed by atoms with Crippen molar-refractivity contribution in [3.05, 3.63) is 93.9 Å². The van der Waals surface area contributed by atoms with Crippen molar-refractivity contribution in [1.82, 2.24) is 0 Å². The van der Waals surface area contributed by atoms with Gasteiger partial charge in [-0.05, 0) is 47.8 Å². The summed E-state index contributed by atoms with van der Waals surface area (Å²) < 4.78 is 13.2. The molecule has 2 heterocycles. The number of ketones is 1. The first kappa shape index (κ1) is 17.2. The predicted octanol–water partition coefficient (Wildman–Crippen LogP) is 4.51. The fourth-order valence-corrected chi connectivity index (χ4v) is 3.99.